The second kappa shape index (κ2) is 8.09. The molecule has 0 unspecified atom stereocenters. The summed E-state index contributed by atoms with van der Waals surface area (Å²) in [4.78, 5) is 4.32. The molecular formula is C18H29N3O2. The minimum atomic E-state index is 0.468. The number of benzene rings is 1. The lowest BCUT2D eigenvalue weighted by atomic mass is 9.67. The lowest BCUT2D eigenvalue weighted by Crippen LogP contribution is -2.46. The normalized spacial score (nSPS) is 16.4. The van der Waals surface area contributed by atoms with Gasteiger partial charge in [0.25, 0.3) is 0 Å². The number of hydrogen-bond acceptors (Lipinski definition) is 3. The van der Waals surface area contributed by atoms with E-state index < -0.39 is 0 Å². The van der Waals surface area contributed by atoms with Gasteiger partial charge in [-0.1, -0.05) is 13.3 Å². The van der Waals surface area contributed by atoms with Gasteiger partial charge in [-0.25, -0.2) is 0 Å². The van der Waals surface area contributed by atoms with Gasteiger partial charge in [-0.3, -0.25) is 4.99 Å². The summed E-state index contributed by atoms with van der Waals surface area (Å²) in [6.07, 6.45) is 5.22. The van der Waals surface area contributed by atoms with Crippen molar-refractivity contribution in [2.75, 3.05) is 27.8 Å². The molecule has 0 aromatic heterocycles. The third-order valence-electron chi connectivity index (χ3n) is 4.96. The zero-order valence-corrected chi connectivity index (χ0v) is 14.7. The highest BCUT2D eigenvalue weighted by Gasteiger charge is 2.34. The Morgan fingerprint density at radius 2 is 2.00 bits per heavy atom. The van der Waals surface area contributed by atoms with Gasteiger partial charge < -0.3 is 20.1 Å². The highest BCUT2D eigenvalue weighted by molar-refractivity contribution is 5.79. The van der Waals surface area contributed by atoms with Gasteiger partial charge in [-0.15, -0.1) is 0 Å². The summed E-state index contributed by atoms with van der Waals surface area (Å²) in [7, 11) is 5.13. The largest absolute Gasteiger partial charge is 0.497 e. The van der Waals surface area contributed by atoms with Crippen molar-refractivity contribution in [2.24, 2.45) is 10.4 Å². The molecular weight excluding hydrogens is 290 g/mol. The Kier molecular flexibility index (Phi) is 6.13. The van der Waals surface area contributed by atoms with Crippen LogP contribution in [0.1, 0.15) is 38.2 Å². The second-order valence-electron chi connectivity index (χ2n) is 6.16. The van der Waals surface area contributed by atoms with Crippen molar-refractivity contribution in [3.63, 3.8) is 0 Å². The van der Waals surface area contributed by atoms with Crippen molar-refractivity contribution in [3.8, 4) is 11.5 Å². The summed E-state index contributed by atoms with van der Waals surface area (Å²) in [6.45, 7) is 3.92. The zero-order valence-electron chi connectivity index (χ0n) is 14.7. The highest BCUT2D eigenvalue weighted by atomic mass is 16.5. The lowest BCUT2D eigenvalue weighted by molar-refractivity contribution is 0.131. The van der Waals surface area contributed by atoms with Crippen LogP contribution in [0.2, 0.25) is 0 Å². The summed E-state index contributed by atoms with van der Waals surface area (Å²) in [5.74, 6) is 2.45. The van der Waals surface area contributed by atoms with E-state index in [9.17, 15) is 0 Å². The van der Waals surface area contributed by atoms with Gasteiger partial charge in [0.05, 0.1) is 14.2 Å². The molecule has 2 rings (SSSR count). The fourth-order valence-corrected chi connectivity index (χ4v) is 3.00. The molecule has 0 bridgehead atoms. The average Bonchev–Trinajstić information content (AvgIpc) is 2.56. The van der Waals surface area contributed by atoms with Crippen molar-refractivity contribution in [2.45, 2.75) is 39.2 Å². The zero-order chi connectivity index (χ0) is 16.7. The summed E-state index contributed by atoms with van der Waals surface area (Å²) in [5, 5.41) is 6.83. The molecule has 5 nitrogen and oxygen atoms in total. The Morgan fingerprint density at radius 3 is 2.52 bits per heavy atom. The van der Waals surface area contributed by atoms with Crippen LogP contribution in [0.15, 0.2) is 23.2 Å². The molecule has 0 aliphatic heterocycles. The molecule has 0 radical (unpaired) electrons. The van der Waals surface area contributed by atoms with E-state index in [1.807, 2.05) is 18.2 Å². The molecule has 1 aromatic carbocycles. The van der Waals surface area contributed by atoms with E-state index in [2.05, 4.69) is 22.5 Å². The molecule has 0 amide bonds. The van der Waals surface area contributed by atoms with Gasteiger partial charge in [0.2, 0.25) is 0 Å². The van der Waals surface area contributed by atoms with Crippen molar-refractivity contribution in [3.05, 3.63) is 23.8 Å². The molecule has 0 saturated heterocycles. The van der Waals surface area contributed by atoms with E-state index >= 15 is 0 Å². The van der Waals surface area contributed by atoms with Crippen LogP contribution in [0.3, 0.4) is 0 Å². The van der Waals surface area contributed by atoms with Crippen LogP contribution in [0, 0.1) is 5.41 Å². The topological polar surface area (TPSA) is 54.9 Å². The van der Waals surface area contributed by atoms with E-state index in [1.165, 1.54) is 25.7 Å². The summed E-state index contributed by atoms with van der Waals surface area (Å²) in [6, 6.07) is 5.85. The van der Waals surface area contributed by atoms with E-state index in [0.29, 0.717) is 12.0 Å². The molecule has 1 aliphatic rings. The quantitative estimate of drug-likeness (QED) is 0.599. The number of nitrogens with zero attached hydrogens (tertiary/aromatic N) is 1. The van der Waals surface area contributed by atoms with Crippen LogP contribution in [0.4, 0.5) is 0 Å². The number of nitrogens with one attached hydrogen (secondary N) is 2. The number of rotatable bonds is 7. The van der Waals surface area contributed by atoms with Gasteiger partial charge in [-0.05, 0) is 36.8 Å². The summed E-state index contributed by atoms with van der Waals surface area (Å²) in [5.41, 5.74) is 1.54. The van der Waals surface area contributed by atoms with Crippen LogP contribution in [-0.4, -0.2) is 33.8 Å². The number of methoxy groups -OCH3 is 2. The van der Waals surface area contributed by atoms with E-state index in [-0.39, 0.29) is 0 Å². The monoisotopic (exact) mass is 319 g/mol. The molecule has 2 N–H and O–H groups in total. The van der Waals surface area contributed by atoms with E-state index in [0.717, 1.165) is 29.6 Å². The molecule has 0 atom stereocenters. The average molecular weight is 319 g/mol. The Balaban J connectivity index is 1.90. The third kappa shape index (κ3) is 4.30. The molecule has 5 heteroatoms. The minimum absolute atomic E-state index is 0.468. The van der Waals surface area contributed by atoms with Crippen LogP contribution in [0.5, 0.6) is 11.5 Å². The fourth-order valence-electron chi connectivity index (χ4n) is 3.00. The molecule has 1 fully saturated rings. The van der Waals surface area contributed by atoms with Gasteiger partial charge >= 0.3 is 0 Å². The number of aliphatic imine (C=N–C) groups is 1. The molecule has 0 heterocycles. The van der Waals surface area contributed by atoms with Crippen LogP contribution < -0.4 is 20.1 Å². The predicted molar refractivity (Wildman–Crippen MR) is 94.3 cm³/mol. The van der Waals surface area contributed by atoms with Crippen molar-refractivity contribution in [1.29, 1.82) is 0 Å². The molecule has 23 heavy (non-hydrogen) atoms. The maximum absolute atomic E-state index is 5.43. The first kappa shape index (κ1) is 17.4. The summed E-state index contributed by atoms with van der Waals surface area (Å²) >= 11 is 0. The van der Waals surface area contributed by atoms with E-state index in [1.54, 1.807) is 21.3 Å². The Labute approximate surface area is 139 Å². The third-order valence-corrected chi connectivity index (χ3v) is 4.96. The standard InChI is InChI=1S/C18H29N3O2/c1-5-18(9-6-10-18)13-21-17(19-2)20-12-14-7-8-15(22-3)11-16(14)23-4/h7-8,11H,5-6,9-10,12-13H2,1-4H3,(H2,19,20,21). The second-order valence-corrected chi connectivity index (χ2v) is 6.16. The van der Waals surface area contributed by atoms with Crippen molar-refractivity contribution >= 4 is 5.96 Å². The summed E-state index contributed by atoms with van der Waals surface area (Å²) < 4.78 is 10.7. The van der Waals surface area contributed by atoms with Crippen LogP contribution >= 0.6 is 0 Å². The van der Waals surface area contributed by atoms with Crippen LogP contribution in [-0.2, 0) is 6.54 Å². The SMILES string of the molecule is CCC1(CNC(=NC)NCc2ccc(OC)cc2OC)CCC1. The van der Waals surface area contributed by atoms with Gasteiger partial charge in [-0.2, -0.15) is 0 Å². The van der Waals surface area contributed by atoms with Crippen LogP contribution in [0.25, 0.3) is 0 Å². The van der Waals surface area contributed by atoms with Crippen molar-refractivity contribution < 1.29 is 9.47 Å². The molecule has 128 valence electrons. The number of hydrogen-bond donors (Lipinski definition) is 2. The number of ether oxygens (including phenoxy) is 2. The maximum Gasteiger partial charge on any atom is 0.191 e. The van der Waals surface area contributed by atoms with Gasteiger partial charge in [0.15, 0.2) is 5.96 Å². The first-order valence-electron chi connectivity index (χ1n) is 8.32. The maximum atomic E-state index is 5.43. The smallest absolute Gasteiger partial charge is 0.191 e. The highest BCUT2D eigenvalue weighted by Crippen LogP contribution is 2.42. The first-order valence-corrected chi connectivity index (χ1v) is 8.32. The predicted octanol–water partition coefficient (Wildman–Crippen LogP) is 2.95. The lowest BCUT2D eigenvalue weighted by Gasteiger charge is -2.41. The number of guanidine groups is 1. The van der Waals surface area contributed by atoms with Gasteiger partial charge in [0.1, 0.15) is 11.5 Å². The Morgan fingerprint density at radius 1 is 1.22 bits per heavy atom. The Bertz CT molecular complexity index is 534. The molecule has 1 aliphatic carbocycles. The molecule has 1 saturated carbocycles. The molecule has 0 spiro atoms. The van der Waals surface area contributed by atoms with Gasteiger partial charge in [0, 0.05) is 31.8 Å². The fraction of sp³-hybridized carbons (Fsp3) is 0.611. The molecule has 1 aromatic rings. The first-order chi connectivity index (χ1) is 11.2. The van der Waals surface area contributed by atoms with Crippen molar-refractivity contribution in [1.82, 2.24) is 10.6 Å². The minimum Gasteiger partial charge on any atom is -0.497 e. The van der Waals surface area contributed by atoms with E-state index in [4.69, 9.17) is 9.47 Å². The Hall–Kier alpha value is -1.91.